The molecule has 1 unspecified atom stereocenters. The van der Waals surface area contributed by atoms with E-state index in [-0.39, 0.29) is 31.4 Å². The molecule has 0 saturated carbocycles. The Balaban J connectivity index is 2.23. The Morgan fingerprint density at radius 2 is 2.15 bits per heavy atom. The van der Waals surface area contributed by atoms with Gasteiger partial charge in [-0.15, -0.1) is 0 Å². The maximum Gasteiger partial charge on any atom is 0.328 e. The van der Waals surface area contributed by atoms with Gasteiger partial charge >= 0.3 is 5.97 Å². The van der Waals surface area contributed by atoms with Crippen LogP contribution in [0, 0.1) is 0 Å². The fraction of sp³-hybridized carbons (Fsp3) is 0.462. The molecule has 2 amide bonds. The van der Waals surface area contributed by atoms with Gasteiger partial charge in [0.15, 0.2) is 0 Å². The molecular formula is C13H18N2O5. The molecule has 0 aliphatic carbocycles. The molecule has 1 atom stereocenters. The van der Waals surface area contributed by atoms with Gasteiger partial charge in [-0.25, -0.2) is 4.79 Å². The molecule has 0 aliphatic heterocycles. The van der Waals surface area contributed by atoms with Crippen LogP contribution in [0.3, 0.4) is 0 Å². The number of amides is 2. The highest BCUT2D eigenvalue weighted by Gasteiger charge is 2.16. The normalized spacial score (nSPS) is 11.5. The van der Waals surface area contributed by atoms with Crippen molar-refractivity contribution in [1.29, 1.82) is 0 Å². The smallest absolute Gasteiger partial charge is 0.328 e. The van der Waals surface area contributed by atoms with Crippen molar-refractivity contribution in [3.8, 4) is 0 Å². The molecule has 2 N–H and O–H groups in total. The minimum Gasteiger partial charge on any atom is -0.472 e. The fourth-order valence-electron chi connectivity index (χ4n) is 1.43. The Morgan fingerprint density at radius 3 is 2.75 bits per heavy atom. The maximum absolute atomic E-state index is 11.5. The number of furan rings is 1. The lowest BCUT2D eigenvalue weighted by molar-refractivity contribution is -0.146. The second-order valence-corrected chi connectivity index (χ2v) is 4.06. The van der Waals surface area contributed by atoms with Gasteiger partial charge in [0.05, 0.1) is 18.4 Å². The van der Waals surface area contributed by atoms with Gasteiger partial charge < -0.3 is 19.8 Å². The summed E-state index contributed by atoms with van der Waals surface area (Å²) in [7, 11) is 0. The van der Waals surface area contributed by atoms with Crippen molar-refractivity contribution in [2.75, 3.05) is 13.2 Å². The fourth-order valence-corrected chi connectivity index (χ4v) is 1.43. The first-order chi connectivity index (χ1) is 9.54. The van der Waals surface area contributed by atoms with E-state index in [0.717, 1.165) is 0 Å². The number of ether oxygens (including phenoxy) is 1. The van der Waals surface area contributed by atoms with Gasteiger partial charge in [0, 0.05) is 13.0 Å². The monoisotopic (exact) mass is 282 g/mol. The molecule has 0 fully saturated rings. The molecule has 1 rings (SSSR count). The Labute approximate surface area is 116 Å². The predicted molar refractivity (Wildman–Crippen MR) is 69.9 cm³/mol. The van der Waals surface area contributed by atoms with Crippen molar-refractivity contribution in [3.63, 3.8) is 0 Å². The summed E-state index contributed by atoms with van der Waals surface area (Å²) in [5.74, 6) is -1.13. The third-order valence-electron chi connectivity index (χ3n) is 2.44. The van der Waals surface area contributed by atoms with Crippen LogP contribution in [0.1, 0.15) is 30.6 Å². The predicted octanol–water partition coefficient (Wildman–Crippen LogP) is 0.467. The summed E-state index contributed by atoms with van der Waals surface area (Å²) in [6.45, 7) is 3.67. The molecule has 0 aliphatic rings. The van der Waals surface area contributed by atoms with Crippen LogP contribution in [0.4, 0.5) is 0 Å². The molecular weight excluding hydrogens is 264 g/mol. The molecule has 0 aromatic carbocycles. The van der Waals surface area contributed by atoms with E-state index in [0.29, 0.717) is 5.56 Å². The van der Waals surface area contributed by atoms with Crippen molar-refractivity contribution in [2.45, 2.75) is 26.3 Å². The summed E-state index contributed by atoms with van der Waals surface area (Å²) in [4.78, 5) is 34.4. The van der Waals surface area contributed by atoms with Crippen LogP contribution in [0.2, 0.25) is 0 Å². The van der Waals surface area contributed by atoms with Crippen LogP contribution in [0.15, 0.2) is 23.0 Å². The Hall–Kier alpha value is -2.31. The largest absolute Gasteiger partial charge is 0.472 e. The minimum atomic E-state index is -0.702. The summed E-state index contributed by atoms with van der Waals surface area (Å²) in [6, 6.07) is 0.824. The molecule has 1 aromatic rings. The van der Waals surface area contributed by atoms with E-state index in [1.165, 1.54) is 18.6 Å². The molecule has 0 saturated heterocycles. The lowest BCUT2D eigenvalue weighted by Gasteiger charge is -2.12. The summed E-state index contributed by atoms with van der Waals surface area (Å²) in [6.07, 6.45) is 2.79. The zero-order valence-electron chi connectivity index (χ0n) is 11.5. The highest BCUT2D eigenvalue weighted by atomic mass is 16.5. The van der Waals surface area contributed by atoms with Crippen molar-refractivity contribution in [2.24, 2.45) is 0 Å². The first-order valence-electron chi connectivity index (χ1n) is 6.31. The summed E-state index contributed by atoms with van der Waals surface area (Å²) in [5.41, 5.74) is 0.394. The van der Waals surface area contributed by atoms with Crippen LogP contribution in [0.25, 0.3) is 0 Å². The van der Waals surface area contributed by atoms with Crippen molar-refractivity contribution in [1.82, 2.24) is 10.6 Å². The van der Waals surface area contributed by atoms with Crippen molar-refractivity contribution >= 4 is 17.8 Å². The third kappa shape index (κ3) is 5.13. The van der Waals surface area contributed by atoms with E-state index in [2.05, 4.69) is 10.6 Å². The van der Waals surface area contributed by atoms with E-state index in [1.54, 1.807) is 13.8 Å². The summed E-state index contributed by atoms with van der Waals surface area (Å²) < 4.78 is 9.54. The van der Waals surface area contributed by atoms with E-state index in [4.69, 9.17) is 9.15 Å². The molecule has 1 aromatic heterocycles. The van der Waals surface area contributed by atoms with Crippen LogP contribution < -0.4 is 10.6 Å². The van der Waals surface area contributed by atoms with Gasteiger partial charge in [0.25, 0.3) is 5.91 Å². The first kappa shape index (κ1) is 15.7. The molecule has 20 heavy (non-hydrogen) atoms. The quantitative estimate of drug-likeness (QED) is 0.708. The average Bonchev–Trinajstić information content (AvgIpc) is 2.92. The Kier molecular flexibility index (Phi) is 6.28. The zero-order valence-corrected chi connectivity index (χ0v) is 11.5. The van der Waals surface area contributed by atoms with Crippen LogP contribution in [-0.2, 0) is 14.3 Å². The highest BCUT2D eigenvalue weighted by Crippen LogP contribution is 1.98. The summed E-state index contributed by atoms with van der Waals surface area (Å²) in [5, 5.41) is 5.06. The second kappa shape index (κ2) is 7.98. The van der Waals surface area contributed by atoms with Gasteiger partial charge in [-0.3, -0.25) is 9.59 Å². The van der Waals surface area contributed by atoms with E-state index in [1.807, 2.05) is 0 Å². The van der Waals surface area contributed by atoms with E-state index in [9.17, 15) is 14.4 Å². The lowest BCUT2D eigenvalue weighted by atomic mass is 10.3. The van der Waals surface area contributed by atoms with E-state index < -0.39 is 12.0 Å². The molecule has 0 spiro atoms. The molecule has 110 valence electrons. The van der Waals surface area contributed by atoms with Crippen molar-refractivity contribution in [3.05, 3.63) is 24.2 Å². The number of esters is 1. The molecule has 7 heteroatoms. The van der Waals surface area contributed by atoms with Gasteiger partial charge in [-0.1, -0.05) is 0 Å². The maximum atomic E-state index is 11.5. The van der Waals surface area contributed by atoms with Crippen LogP contribution in [-0.4, -0.2) is 37.0 Å². The molecule has 0 radical (unpaired) electrons. The number of carbonyl (C=O) groups is 3. The van der Waals surface area contributed by atoms with Crippen molar-refractivity contribution < 1.29 is 23.5 Å². The zero-order chi connectivity index (χ0) is 15.0. The van der Waals surface area contributed by atoms with Gasteiger partial charge in [0.2, 0.25) is 5.91 Å². The van der Waals surface area contributed by atoms with Gasteiger partial charge in [-0.05, 0) is 19.9 Å². The summed E-state index contributed by atoms with van der Waals surface area (Å²) >= 11 is 0. The number of hydrogen-bond acceptors (Lipinski definition) is 5. The van der Waals surface area contributed by atoms with Gasteiger partial charge in [-0.2, -0.15) is 0 Å². The topological polar surface area (TPSA) is 97.6 Å². The Bertz CT molecular complexity index is 455. The minimum absolute atomic E-state index is 0.0767. The van der Waals surface area contributed by atoms with E-state index >= 15 is 0 Å². The van der Waals surface area contributed by atoms with Crippen LogP contribution >= 0.6 is 0 Å². The molecule has 1 heterocycles. The van der Waals surface area contributed by atoms with Gasteiger partial charge in [0.1, 0.15) is 12.3 Å². The second-order valence-electron chi connectivity index (χ2n) is 4.06. The molecule has 7 nitrogen and oxygen atoms in total. The highest BCUT2D eigenvalue weighted by molar-refractivity contribution is 5.94. The number of carbonyl (C=O) groups excluding carboxylic acids is 3. The average molecular weight is 282 g/mol. The SMILES string of the molecule is CCOC(=O)C(C)NC(=O)CCNC(=O)c1ccoc1. The van der Waals surface area contributed by atoms with Crippen LogP contribution in [0.5, 0.6) is 0 Å². The molecule has 0 bridgehead atoms. The third-order valence-corrected chi connectivity index (χ3v) is 2.44. The number of rotatable bonds is 7. The Morgan fingerprint density at radius 1 is 1.40 bits per heavy atom. The first-order valence-corrected chi connectivity index (χ1v) is 6.31. The number of nitrogens with one attached hydrogen (secondary N) is 2. The number of hydrogen-bond donors (Lipinski definition) is 2. The lowest BCUT2D eigenvalue weighted by Crippen LogP contribution is -2.40. The standard InChI is InChI=1S/C13H18N2O5/c1-3-20-13(18)9(2)15-11(16)4-6-14-12(17)10-5-7-19-8-10/h5,7-9H,3-4,6H2,1-2H3,(H,14,17)(H,15,16).